The summed E-state index contributed by atoms with van der Waals surface area (Å²) in [4.78, 5) is 11.7. The van der Waals surface area contributed by atoms with Crippen molar-refractivity contribution in [2.45, 2.75) is 11.8 Å². The second-order valence-corrected chi connectivity index (χ2v) is 6.60. The molecule has 0 unspecified atom stereocenters. The van der Waals surface area contributed by atoms with Crippen molar-refractivity contribution in [3.05, 3.63) is 71.8 Å². The van der Waals surface area contributed by atoms with Gasteiger partial charge in [-0.2, -0.15) is 8.42 Å². The Balaban J connectivity index is 2.06. The van der Waals surface area contributed by atoms with Crippen LogP contribution in [0.4, 0.5) is 0 Å². The number of aryl methyl sites for hydroxylation is 1. The molecule has 0 atom stereocenters. The van der Waals surface area contributed by atoms with E-state index in [1.807, 2.05) is 37.3 Å². The lowest BCUT2D eigenvalue weighted by molar-refractivity contribution is -0.115. The highest BCUT2D eigenvalue weighted by molar-refractivity contribution is 7.90. The Morgan fingerprint density at radius 3 is 2.33 bits per heavy atom. The minimum absolute atomic E-state index is 0.00475. The molecule has 6 nitrogen and oxygen atoms in total. The number of benzene rings is 2. The van der Waals surface area contributed by atoms with Crippen molar-refractivity contribution in [2.75, 3.05) is 0 Å². The van der Waals surface area contributed by atoms with E-state index in [4.69, 9.17) is 5.73 Å². The molecule has 0 heterocycles. The van der Waals surface area contributed by atoms with Crippen LogP contribution >= 0.6 is 0 Å². The highest BCUT2D eigenvalue weighted by Crippen LogP contribution is 2.12. The van der Waals surface area contributed by atoms with Crippen LogP contribution in [0.25, 0.3) is 6.08 Å². The third kappa shape index (κ3) is 5.06. The lowest BCUT2D eigenvalue weighted by atomic mass is 10.2. The molecule has 0 saturated carbocycles. The molecule has 0 spiro atoms. The van der Waals surface area contributed by atoms with E-state index in [9.17, 15) is 13.2 Å². The monoisotopic (exact) mass is 343 g/mol. The highest BCUT2D eigenvalue weighted by Gasteiger charge is 2.13. The Hall–Kier alpha value is -2.93. The van der Waals surface area contributed by atoms with E-state index >= 15 is 0 Å². The lowest BCUT2D eigenvalue weighted by Gasteiger charge is -2.03. The molecule has 0 bridgehead atoms. The molecule has 7 heteroatoms. The highest BCUT2D eigenvalue weighted by atomic mass is 32.2. The van der Waals surface area contributed by atoms with Crippen LogP contribution in [0.2, 0.25) is 0 Å². The zero-order valence-corrected chi connectivity index (χ0v) is 13.8. The van der Waals surface area contributed by atoms with E-state index < -0.39 is 21.9 Å². The molecule has 0 aliphatic rings. The third-order valence-corrected chi connectivity index (χ3v) is 4.32. The van der Waals surface area contributed by atoms with Gasteiger partial charge in [0.05, 0.1) is 4.90 Å². The minimum atomic E-state index is -3.96. The smallest absolute Gasteiger partial charge is 0.285 e. The lowest BCUT2D eigenvalue weighted by Crippen LogP contribution is -2.36. The van der Waals surface area contributed by atoms with Gasteiger partial charge in [-0.25, -0.2) is 0 Å². The summed E-state index contributed by atoms with van der Waals surface area (Å²) in [6, 6.07) is 15.3. The van der Waals surface area contributed by atoms with Gasteiger partial charge in [0.25, 0.3) is 15.9 Å². The number of carbonyl (C=O) groups is 1. The first kappa shape index (κ1) is 17.4. The first-order valence-corrected chi connectivity index (χ1v) is 8.52. The summed E-state index contributed by atoms with van der Waals surface area (Å²) in [5, 5.41) is 2.21. The maximum absolute atomic E-state index is 12.1. The van der Waals surface area contributed by atoms with Crippen LogP contribution < -0.4 is 11.1 Å². The van der Waals surface area contributed by atoms with E-state index in [-0.39, 0.29) is 4.90 Å². The average Bonchev–Trinajstić information content (AvgIpc) is 2.53. The van der Waals surface area contributed by atoms with Crippen molar-refractivity contribution in [2.24, 2.45) is 10.1 Å². The molecule has 0 saturated heterocycles. The fourth-order valence-corrected chi connectivity index (χ4v) is 2.71. The first-order chi connectivity index (χ1) is 11.4. The van der Waals surface area contributed by atoms with Crippen molar-refractivity contribution in [1.29, 1.82) is 0 Å². The summed E-state index contributed by atoms with van der Waals surface area (Å²) in [6.07, 6.45) is 2.83. The van der Waals surface area contributed by atoms with Gasteiger partial charge in [-0.3, -0.25) is 10.1 Å². The number of guanidine groups is 1. The molecule has 24 heavy (non-hydrogen) atoms. The fourth-order valence-electron chi connectivity index (χ4n) is 1.82. The standard InChI is InChI=1S/C17H17N3O3S/c1-13-7-10-15(11-8-13)24(22,23)20-17(18)19-16(21)12-9-14-5-3-2-4-6-14/h2-12H,1H3,(H3,18,19,20,21). The predicted octanol–water partition coefficient (Wildman–Crippen LogP) is 1.83. The number of carbonyl (C=O) groups excluding carboxylic acids is 1. The maximum Gasteiger partial charge on any atom is 0.285 e. The predicted molar refractivity (Wildman–Crippen MR) is 93.6 cm³/mol. The van der Waals surface area contributed by atoms with E-state index in [1.165, 1.54) is 18.2 Å². The summed E-state index contributed by atoms with van der Waals surface area (Å²) in [7, 11) is -3.96. The number of hydrogen-bond acceptors (Lipinski definition) is 3. The van der Waals surface area contributed by atoms with E-state index in [1.54, 1.807) is 18.2 Å². The number of hydrogen-bond donors (Lipinski definition) is 2. The molecule has 0 fully saturated rings. The number of amides is 1. The van der Waals surface area contributed by atoms with Crippen LogP contribution in [0.3, 0.4) is 0 Å². The van der Waals surface area contributed by atoms with Crippen LogP contribution in [0, 0.1) is 6.92 Å². The van der Waals surface area contributed by atoms with Gasteiger partial charge < -0.3 is 5.73 Å². The Morgan fingerprint density at radius 1 is 1.08 bits per heavy atom. The first-order valence-electron chi connectivity index (χ1n) is 7.08. The second-order valence-electron chi connectivity index (χ2n) is 5.00. The van der Waals surface area contributed by atoms with Crippen molar-refractivity contribution in [3.8, 4) is 0 Å². The van der Waals surface area contributed by atoms with Crippen LogP contribution in [0.5, 0.6) is 0 Å². The second kappa shape index (κ2) is 7.56. The zero-order valence-electron chi connectivity index (χ0n) is 13.0. The quantitative estimate of drug-likeness (QED) is 0.502. The van der Waals surface area contributed by atoms with Gasteiger partial charge in [-0.05, 0) is 30.7 Å². The molecule has 2 aromatic rings. The molecule has 2 rings (SSSR count). The molecule has 0 aliphatic carbocycles. The van der Waals surface area contributed by atoms with Gasteiger partial charge in [0.15, 0.2) is 0 Å². The fraction of sp³-hybridized carbons (Fsp3) is 0.0588. The van der Waals surface area contributed by atoms with Gasteiger partial charge in [0, 0.05) is 6.08 Å². The van der Waals surface area contributed by atoms with Crippen LogP contribution in [-0.2, 0) is 14.8 Å². The van der Waals surface area contributed by atoms with E-state index in [2.05, 4.69) is 9.71 Å². The molecule has 1 amide bonds. The summed E-state index contributed by atoms with van der Waals surface area (Å²) in [5.74, 6) is -1.06. The largest absolute Gasteiger partial charge is 0.369 e. The molecule has 0 aliphatic heterocycles. The number of nitrogens with one attached hydrogen (secondary N) is 1. The van der Waals surface area contributed by atoms with E-state index in [0.29, 0.717) is 0 Å². The average molecular weight is 343 g/mol. The molecular weight excluding hydrogens is 326 g/mol. The summed E-state index contributed by atoms with van der Waals surface area (Å²) < 4.78 is 27.6. The third-order valence-electron chi connectivity index (χ3n) is 3.02. The van der Waals surface area contributed by atoms with Gasteiger partial charge >= 0.3 is 0 Å². The molecule has 124 valence electrons. The number of nitrogens with two attached hydrogens (primary N) is 1. The minimum Gasteiger partial charge on any atom is -0.369 e. The Kier molecular flexibility index (Phi) is 5.49. The van der Waals surface area contributed by atoms with Crippen LogP contribution in [0.1, 0.15) is 11.1 Å². The van der Waals surface area contributed by atoms with Crippen LogP contribution in [0.15, 0.2) is 70.0 Å². The molecule has 3 N–H and O–H groups in total. The Labute approximate surface area is 140 Å². The van der Waals surface area contributed by atoms with Crippen LogP contribution in [-0.4, -0.2) is 20.3 Å². The van der Waals surface area contributed by atoms with Crippen molar-refractivity contribution in [1.82, 2.24) is 5.32 Å². The maximum atomic E-state index is 12.1. The SMILES string of the molecule is Cc1ccc(S(=O)(=O)N=C(N)NC(=O)C=Cc2ccccc2)cc1. The summed E-state index contributed by atoms with van der Waals surface area (Å²) in [6.45, 7) is 1.84. The molecule has 0 radical (unpaired) electrons. The molecule has 2 aromatic carbocycles. The number of nitrogens with zero attached hydrogens (tertiary/aromatic N) is 1. The number of rotatable bonds is 4. The Bertz CT molecular complexity index is 871. The Morgan fingerprint density at radius 2 is 1.71 bits per heavy atom. The van der Waals surface area contributed by atoms with Crippen molar-refractivity contribution < 1.29 is 13.2 Å². The normalized spacial score (nSPS) is 12.3. The molecule has 0 aromatic heterocycles. The zero-order chi connectivity index (χ0) is 17.6. The van der Waals surface area contributed by atoms with Gasteiger partial charge in [0.2, 0.25) is 5.96 Å². The molecular formula is C17H17N3O3S. The number of sulfonamides is 1. The summed E-state index contributed by atoms with van der Waals surface area (Å²) in [5.41, 5.74) is 7.25. The topological polar surface area (TPSA) is 102 Å². The van der Waals surface area contributed by atoms with Gasteiger partial charge in [-0.15, -0.1) is 4.40 Å². The van der Waals surface area contributed by atoms with Crippen molar-refractivity contribution >= 4 is 28.0 Å². The van der Waals surface area contributed by atoms with Gasteiger partial charge in [0.1, 0.15) is 0 Å². The van der Waals surface area contributed by atoms with Crippen molar-refractivity contribution in [3.63, 3.8) is 0 Å². The van der Waals surface area contributed by atoms with Gasteiger partial charge in [-0.1, -0.05) is 48.0 Å². The van der Waals surface area contributed by atoms with E-state index in [0.717, 1.165) is 11.1 Å². The summed E-state index contributed by atoms with van der Waals surface area (Å²) >= 11 is 0.